The van der Waals surface area contributed by atoms with Crippen molar-refractivity contribution in [1.29, 1.82) is 10.5 Å². The van der Waals surface area contributed by atoms with Crippen molar-refractivity contribution < 1.29 is 0 Å². The van der Waals surface area contributed by atoms with E-state index in [9.17, 15) is 15.3 Å². The second-order valence-corrected chi connectivity index (χ2v) is 8.95. The number of benzene rings is 2. The summed E-state index contributed by atoms with van der Waals surface area (Å²) in [4.78, 5) is 13.5. The average molecular weight is 424 g/mol. The van der Waals surface area contributed by atoms with Crippen molar-refractivity contribution in [3.63, 3.8) is 0 Å². The van der Waals surface area contributed by atoms with Crippen molar-refractivity contribution in [3.05, 3.63) is 86.8 Å². The van der Waals surface area contributed by atoms with Gasteiger partial charge >= 0.3 is 0 Å². The summed E-state index contributed by atoms with van der Waals surface area (Å²) in [5.41, 5.74) is 3.17. The number of nitrogens with one attached hydrogen (secondary N) is 2. The smallest absolute Gasteiger partial charge is 0.277 e. The number of para-hydroxylation sites is 1. The highest BCUT2D eigenvalue weighted by Gasteiger charge is 2.42. The molecule has 2 heterocycles. The monoisotopic (exact) mass is 423 g/mol. The molecule has 0 bridgehead atoms. The molecule has 0 saturated heterocycles. The molecule has 0 spiro atoms. The largest absolute Gasteiger partial charge is 0.376 e. The van der Waals surface area contributed by atoms with Crippen molar-refractivity contribution >= 4 is 11.3 Å². The molecular weight excluding hydrogens is 398 g/mol. The van der Waals surface area contributed by atoms with Gasteiger partial charge in [-0.05, 0) is 75.6 Å². The minimum absolute atomic E-state index is 0.153. The maximum Gasteiger partial charge on any atom is 0.277 e. The maximum atomic E-state index is 13.5. The molecule has 4 rings (SSSR count). The quantitative estimate of drug-likeness (QED) is 0.637. The summed E-state index contributed by atoms with van der Waals surface area (Å²) in [5.74, 6) is 0. The third-order valence-corrected chi connectivity index (χ3v) is 6.02. The lowest BCUT2D eigenvalue weighted by molar-refractivity contribution is 0.706. The molecule has 1 aliphatic heterocycles. The van der Waals surface area contributed by atoms with Crippen molar-refractivity contribution in [3.8, 4) is 17.8 Å². The molecule has 2 aromatic carbocycles. The topological polar surface area (TPSA) is 97.4 Å². The summed E-state index contributed by atoms with van der Waals surface area (Å²) in [6, 6.07) is 17.3. The summed E-state index contributed by atoms with van der Waals surface area (Å²) in [7, 11) is 0. The molecule has 0 aliphatic carbocycles. The van der Waals surface area contributed by atoms with E-state index in [0.717, 1.165) is 22.4 Å². The van der Waals surface area contributed by atoms with E-state index in [-0.39, 0.29) is 11.1 Å². The fourth-order valence-electron chi connectivity index (χ4n) is 4.68. The Bertz CT molecular complexity index is 1380. The first-order valence-electron chi connectivity index (χ1n) is 10.5. The van der Waals surface area contributed by atoms with Crippen LogP contribution in [-0.2, 0) is 5.41 Å². The summed E-state index contributed by atoms with van der Waals surface area (Å²) in [6.07, 6.45) is 2.12. The number of nitrogens with zero attached hydrogens (tertiary/aromatic N) is 3. The van der Waals surface area contributed by atoms with Gasteiger partial charge in [0.25, 0.3) is 5.56 Å². The average Bonchev–Trinajstić information content (AvgIpc) is 3.04. The Kier molecular flexibility index (Phi) is 4.83. The summed E-state index contributed by atoms with van der Waals surface area (Å²) >= 11 is 0. The van der Waals surface area contributed by atoms with Gasteiger partial charge in [-0.2, -0.15) is 10.5 Å². The molecule has 6 nitrogen and oxygen atoms in total. The molecule has 32 heavy (non-hydrogen) atoms. The predicted molar refractivity (Wildman–Crippen MR) is 126 cm³/mol. The third kappa shape index (κ3) is 3.13. The number of anilines is 1. The van der Waals surface area contributed by atoms with Crippen LogP contribution in [0.2, 0.25) is 0 Å². The molecule has 1 aromatic heterocycles. The zero-order valence-electron chi connectivity index (χ0n) is 18.9. The SMILES string of the molecule is CC1=CC(C)(C)Nc2cc(C)c(C(C#N)(C#N)c3c(C)[nH]n(-c4ccccc4)c3=O)cc21. The number of nitriles is 2. The Morgan fingerprint density at radius 1 is 1.03 bits per heavy atom. The van der Waals surface area contributed by atoms with E-state index in [0.29, 0.717) is 16.9 Å². The highest BCUT2D eigenvalue weighted by atomic mass is 16.1. The first-order valence-corrected chi connectivity index (χ1v) is 10.5. The van der Waals surface area contributed by atoms with Crippen LogP contribution in [0, 0.1) is 36.5 Å². The standard InChI is InChI=1S/C26H25N5O/c1-16-11-22-20(17(2)13-25(4,5)29-22)12-21(16)26(14-27,15-28)23-18(3)30-31(24(23)32)19-9-7-6-8-10-19/h6-13,29-30H,1-5H3. The van der Waals surface area contributed by atoms with Crippen LogP contribution in [0.5, 0.6) is 0 Å². The van der Waals surface area contributed by atoms with E-state index in [1.165, 1.54) is 4.68 Å². The molecule has 160 valence electrons. The summed E-state index contributed by atoms with van der Waals surface area (Å²) in [5, 5.41) is 27.2. The van der Waals surface area contributed by atoms with Crippen LogP contribution < -0.4 is 10.9 Å². The number of aromatic nitrogens is 2. The number of rotatable bonds is 3. The Morgan fingerprint density at radius 2 is 1.69 bits per heavy atom. The highest BCUT2D eigenvalue weighted by Crippen LogP contribution is 2.40. The van der Waals surface area contributed by atoms with Crippen molar-refractivity contribution in [2.45, 2.75) is 45.6 Å². The number of aromatic amines is 1. The zero-order chi connectivity index (χ0) is 23.3. The summed E-state index contributed by atoms with van der Waals surface area (Å²) < 4.78 is 1.39. The lowest BCUT2D eigenvalue weighted by Crippen LogP contribution is -2.34. The van der Waals surface area contributed by atoms with E-state index < -0.39 is 11.0 Å². The molecule has 0 fully saturated rings. The van der Waals surface area contributed by atoms with E-state index in [1.807, 2.05) is 44.2 Å². The lowest BCUT2D eigenvalue weighted by atomic mass is 9.73. The van der Waals surface area contributed by atoms with Crippen LogP contribution in [0.15, 0.2) is 53.3 Å². The van der Waals surface area contributed by atoms with Crippen molar-refractivity contribution in [2.75, 3.05) is 5.32 Å². The van der Waals surface area contributed by atoms with Crippen LogP contribution in [0.1, 0.15) is 48.7 Å². The van der Waals surface area contributed by atoms with Crippen LogP contribution in [-0.4, -0.2) is 15.3 Å². The second-order valence-electron chi connectivity index (χ2n) is 8.95. The van der Waals surface area contributed by atoms with Gasteiger partial charge in [-0.15, -0.1) is 0 Å². The molecule has 0 unspecified atom stereocenters. The van der Waals surface area contributed by atoms with Crippen LogP contribution in [0.4, 0.5) is 5.69 Å². The molecule has 0 amide bonds. The number of allylic oxidation sites excluding steroid dienone is 1. The van der Waals surface area contributed by atoms with E-state index >= 15 is 0 Å². The molecule has 0 radical (unpaired) electrons. The van der Waals surface area contributed by atoms with Crippen molar-refractivity contribution in [1.82, 2.24) is 9.78 Å². The third-order valence-electron chi connectivity index (χ3n) is 6.02. The molecule has 0 saturated carbocycles. The van der Waals surface area contributed by atoms with Gasteiger partial charge in [0.05, 0.1) is 28.9 Å². The second kappa shape index (κ2) is 7.28. The molecule has 3 aromatic rings. The van der Waals surface area contributed by atoms with Gasteiger partial charge in [0.2, 0.25) is 5.41 Å². The van der Waals surface area contributed by atoms with Crippen LogP contribution in [0.25, 0.3) is 11.3 Å². The van der Waals surface area contributed by atoms with Gasteiger partial charge in [0, 0.05) is 16.9 Å². The van der Waals surface area contributed by atoms with Gasteiger partial charge < -0.3 is 5.32 Å². The van der Waals surface area contributed by atoms with Gasteiger partial charge in [-0.3, -0.25) is 9.89 Å². The lowest BCUT2D eigenvalue weighted by Gasteiger charge is -2.33. The molecule has 0 atom stereocenters. The first-order chi connectivity index (χ1) is 15.1. The van der Waals surface area contributed by atoms with E-state index in [4.69, 9.17) is 0 Å². The highest BCUT2D eigenvalue weighted by molar-refractivity contribution is 5.82. The van der Waals surface area contributed by atoms with E-state index in [2.05, 4.69) is 42.5 Å². The molecule has 2 N–H and O–H groups in total. The summed E-state index contributed by atoms with van der Waals surface area (Å²) in [6.45, 7) is 9.80. The van der Waals surface area contributed by atoms with Gasteiger partial charge in [-0.25, -0.2) is 4.68 Å². The zero-order valence-corrected chi connectivity index (χ0v) is 18.9. The molecular formula is C26H25N5O. The number of hydrogen-bond donors (Lipinski definition) is 2. The fraction of sp³-hybridized carbons (Fsp3) is 0.269. The van der Waals surface area contributed by atoms with Gasteiger partial charge in [-0.1, -0.05) is 24.3 Å². The van der Waals surface area contributed by atoms with Crippen LogP contribution >= 0.6 is 0 Å². The fourth-order valence-corrected chi connectivity index (χ4v) is 4.68. The van der Waals surface area contributed by atoms with E-state index in [1.54, 1.807) is 19.1 Å². The Balaban J connectivity index is 1.98. The van der Waals surface area contributed by atoms with Gasteiger partial charge in [0.15, 0.2) is 0 Å². The minimum atomic E-state index is -1.75. The minimum Gasteiger partial charge on any atom is -0.376 e. The number of fused-ring (bicyclic) bond motifs is 1. The normalized spacial score (nSPS) is 14.5. The first kappa shape index (κ1) is 21.2. The van der Waals surface area contributed by atoms with Crippen LogP contribution in [0.3, 0.4) is 0 Å². The molecule has 6 heteroatoms. The number of H-pyrrole nitrogens is 1. The van der Waals surface area contributed by atoms with Gasteiger partial charge in [0.1, 0.15) is 0 Å². The Labute approximate surface area is 187 Å². The van der Waals surface area contributed by atoms with Crippen molar-refractivity contribution in [2.24, 2.45) is 0 Å². The number of hydrogen-bond acceptors (Lipinski definition) is 4. The number of aryl methyl sites for hydroxylation is 2. The Morgan fingerprint density at radius 3 is 2.31 bits per heavy atom. The molecule has 1 aliphatic rings. The maximum absolute atomic E-state index is 13.5. The Hall–Kier alpha value is -4.03. The predicted octanol–water partition coefficient (Wildman–Crippen LogP) is 4.72.